The molecule has 9 nitrogen and oxygen atoms in total. The van der Waals surface area contributed by atoms with Gasteiger partial charge in [0, 0.05) is 36.4 Å². The molecule has 0 bridgehead atoms. The number of nitrogens with two attached hydrogens (primary N) is 1. The van der Waals surface area contributed by atoms with Gasteiger partial charge in [-0.25, -0.2) is 4.98 Å². The fraction of sp³-hybridized carbons (Fsp3) is 0.286. The molecule has 0 aliphatic rings. The molecule has 0 atom stereocenters. The second-order valence-corrected chi connectivity index (χ2v) is 8.43. The topological polar surface area (TPSA) is 121 Å². The number of anilines is 1. The minimum Gasteiger partial charge on any atom is -0.365 e. The maximum Gasteiger partial charge on any atom is 0.433 e. The Morgan fingerprint density at radius 2 is 1.85 bits per heavy atom. The summed E-state index contributed by atoms with van der Waals surface area (Å²) in [5, 5.41) is 11.2. The molecule has 3 N–H and O–H groups in total. The van der Waals surface area contributed by atoms with Gasteiger partial charge < -0.3 is 11.1 Å². The minimum atomic E-state index is -4.73. The van der Waals surface area contributed by atoms with Crippen molar-refractivity contribution in [3.8, 4) is 11.1 Å². The van der Waals surface area contributed by atoms with Crippen LogP contribution in [-0.4, -0.2) is 36.4 Å². The number of halogens is 3. The number of rotatable bonds is 6. The molecule has 0 aliphatic heterocycles. The average Bonchev–Trinajstić information content (AvgIpc) is 3.49. The fourth-order valence-electron chi connectivity index (χ4n) is 3.53. The van der Waals surface area contributed by atoms with Crippen LogP contribution >= 0.6 is 11.3 Å². The number of aryl methyl sites for hydroxylation is 3. The molecule has 4 heterocycles. The maximum absolute atomic E-state index is 13.7. The summed E-state index contributed by atoms with van der Waals surface area (Å²) in [4.78, 5) is 28.7. The molecular weight excluding hydrogens is 471 g/mol. The Morgan fingerprint density at radius 3 is 2.41 bits per heavy atom. The van der Waals surface area contributed by atoms with Crippen LogP contribution < -0.4 is 11.1 Å². The van der Waals surface area contributed by atoms with Gasteiger partial charge in [0.05, 0.1) is 23.1 Å². The van der Waals surface area contributed by atoms with Gasteiger partial charge in [0.1, 0.15) is 15.4 Å². The number of hydrogen-bond donors (Lipinski definition) is 2. The highest BCUT2D eigenvalue weighted by Crippen LogP contribution is 2.44. The Bertz CT molecular complexity index is 1420. The molecule has 0 aliphatic carbocycles. The van der Waals surface area contributed by atoms with Gasteiger partial charge in [0.15, 0.2) is 0 Å². The molecule has 0 saturated carbocycles. The average molecular weight is 491 g/mol. The number of hydrogen-bond acceptors (Lipinski definition) is 6. The minimum absolute atomic E-state index is 0.00150. The summed E-state index contributed by atoms with van der Waals surface area (Å²) in [6.45, 7) is 6.40. The van der Waals surface area contributed by atoms with Crippen LogP contribution in [0.3, 0.4) is 0 Å². The number of nitrogens with zero attached hydrogens (tertiary/aromatic N) is 5. The fourth-order valence-corrected chi connectivity index (χ4v) is 4.54. The predicted molar refractivity (Wildman–Crippen MR) is 121 cm³/mol. The summed E-state index contributed by atoms with van der Waals surface area (Å²) in [6, 6.07) is 0.897. The molecule has 0 unspecified atom stereocenters. The van der Waals surface area contributed by atoms with Gasteiger partial charge in [-0.3, -0.25) is 19.0 Å². The van der Waals surface area contributed by atoms with E-state index in [0.29, 0.717) is 35.7 Å². The molecule has 178 valence electrons. The van der Waals surface area contributed by atoms with Crippen molar-refractivity contribution in [3.05, 3.63) is 46.5 Å². The summed E-state index contributed by atoms with van der Waals surface area (Å²) >= 11 is 0.688. The molecule has 4 rings (SSSR count). The molecule has 2 amide bonds. The van der Waals surface area contributed by atoms with Gasteiger partial charge in [0.2, 0.25) is 0 Å². The first kappa shape index (κ1) is 23.4. The van der Waals surface area contributed by atoms with Crippen LogP contribution in [0.25, 0.3) is 21.3 Å². The van der Waals surface area contributed by atoms with Crippen molar-refractivity contribution >= 4 is 39.1 Å². The van der Waals surface area contributed by atoms with E-state index in [0.717, 1.165) is 6.07 Å². The number of amides is 2. The number of carbonyl (C=O) groups is 2. The van der Waals surface area contributed by atoms with E-state index < -0.39 is 23.7 Å². The Kier molecular flexibility index (Phi) is 5.89. The maximum atomic E-state index is 13.7. The van der Waals surface area contributed by atoms with E-state index in [9.17, 15) is 22.8 Å². The largest absolute Gasteiger partial charge is 0.433 e. The summed E-state index contributed by atoms with van der Waals surface area (Å²) in [6.07, 6.45) is -0.243. The van der Waals surface area contributed by atoms with E-state index in [1.54, 1.807) is 22.5 Å². The van der Waals surface area contributed by atoms with E-state index in [2.05, 4.69) is 20.5 Å². The number of primary amides is 1. The zero-order valence-electron chi connectivity index (χ0n) is 18.4. The molecule has 0 spiro atoms. The zero-order chi connectivity index (χ0) is 24.8. The van der Waals surface area contributed by atoms with E-state index in [4.69, 9.17) is 5.73 Å². The van der Waals surface area contributed by atoms with Crippen molar-refractivity contribution in [1.29, 1.82) is 0 Å². The molecule has 0 aromatic carbocycles. The van der Waals surface area contributed by atoms with Gasteiger partial charge in [-0.2, -0.15) is 23.4 Å². The van der Waals surface area contributed by atoms with Crippen LogP contribution in [-0.2, 0) is 19.3 Å². The first-order valence-electron chi connectivity index (χ1n) is 10.3. The molecule has 0 saturated heterocycles. The highest BCUT2D eigenvalue weighted by molar-refractivity contribution is 7.21. The van der Waals surface area contributed by atoms with Gasteiger partial charge in [0.25, 0.3) is 11.8 Å². The number of carbonyl (C=O) groups excluding carboxylic acids is 2. The van der Waals surface area contributed by atoms with Crippen LogP contribution in [0.15, 0.2) is 24.7 Å². The third-order valence-corrected chi connectivity index (χ3v) is 6.29. The third-order valence-electron chi connectivity index (χ3n) is 5.19. The summed E-state index contributed by atoms with van der Waals surface area (Å²) in [7, 11) is 0. The van der Waals surface area contributed by atoms with Crippen LogP contribution in [0, 0.1) is 6.92 Å². The lowest BCUT2D eigenvalue weighted by molar-refractivity contribution is -0.140. The van der Waals surface area contributed by atoms with Gasteiger partial charge in [-0.05, 0) is 32.4 Å². The van der Waals surface area contributed by atoms with E-state index in [1.807, 2.05) is 13.8 Å². The standard InChI is InChI=1S/C21H20F3N7O2S/c1-4-30-8-11(7-26-30)19(33)28-16-15-12(13-9-31(5-2)29-10(13)3)6-14(21(22,23)24)27-20(15)34-17(16)18(25)32/h6-9H,4-5H2,1-3H3,(H2,25,32)(H,28,33). The second kappa shape index (κ2) is 8.56. The SMILES string of the molecule is CCn1cc(C(=O)Nc2c(C(N)=O)sc3nc(C(F)(F)F)cc(-c4cn(CC)nc4C)c23)cn1. The second-order valence-electron chi connectivity index (χ2n) is 7.43. The van der Waals surface area contributed by atoms with Gasteiger partial charge >= 0.3 is 6.18 Å². The van der Waals surface area contributed by atoms with Crippen molar-refractivity contribution in [1.82, 2.24) is 24.5 Å². The van der Waals surface area contributed by atoms with Crippen LogP contribution in [0.5, 0.6) is 0 Å². The van der Waals surface area contributed by atoms with Crippen LogP contribution in [0.1, 0.15) is 45.3 Å². The normalized spacial score (nSPS) is 11.8. The number of thiophene rings is 1. The number of nitrogens with one attached hydrogen (secondary N) is 1. The highest BCUT2D eigenvalue weighted by atomic mass is 32.1. The molecule has 0 fully saturated rings. The van der Waals surface area contributed by atoms with Crippen molar-refractivity contribution in [3.63, 3.8) is 0 Å². The number of aromatic nitrogens is 5. The summed E-state index contributed by atoms with van der Waals surface area (Å²) in [5.74, 6) is -1.49. The quantitative estimate of drug-likeness (QED) is 0.421. The van der Waals surface area contributed by atoms with Crippen molar-refractivity contribution in [2.75, 3.05) is 5.32 Å². The van der Waals surface area contributed by atoms with Crippen molar-refractivity contribution in [2.45, 2.75) is 40.0 Å². The smallest absolute Gasteiger partial charge is 0.365 e. The lowest BCUT2D eigenvalue weighted by Gasteiger charge is -2.11. The first-order valence-corrected chi connectivity index (χ1v) is 11.1. The monoisotopic (exact) mass is 491 g/mol. The Hall–Kier alpha value is -3.74. The van der Waals surface area contributed by atoms with Crippen molar-refractivity contribution < 1.29 is 22.8 Å². The van der Waals surface area contributed by atoms with E-state index in [-0.39, 0.29) is 31.9 Å². The highest BCUT2D eigenvalue weighted by Gasteiger charge is 2.35. The number of alkyl halides is 3. The first-order chi connectivity index (χ1) is 16.0. The predicted octanol–water partition coefficient (Wildman–Crippen LogP) is 4.07. The molecular formula is C21H20F3N7O2S. The number of pyridine rings is 1. The Labute approximate surface area is 195 Å². The molecule has 34 heavy (non-hydrogen) atoms. The molecule has 4 aromatic heterocycles. The zero-order valence-corrected chi connectivity index (χ0v) is 19.2. The van der Waals surface area contributed by atoms with Crippen LogP contribution in [0.4, 0.5) is 18.9 Å². The third kappa shape index (κ3) is 4.14. The van der Waals surface area contributed by atoms with Crippen LogP contribution in [0.2, 0.25) is 0 Å². The van der Waals surface area contributed by atoms with Gasteiger partial charge in [-0.15, -0.1) is 11.3 Å². The molecule has 0 radical (unpaired) electrons. The van der Waals surface area contributed by atoms with Crippen molar-refractivity contribution in [2.24, 2.45) is 5.73 Å². The Balaban J connectivity index is 1.98. The number of fused-ring (bicyclic) bond motifs is 1. The summed E-state index contributed by atoms with van der Waals surface area (Å²) in [5.41, 5.74) is 5.65. The van der Waals surface area contributed by atoms with E-state index >= 15 is 0 Å². The lowest BCUT2D eigenvalue weighted by Crippen LogP contribution is -2.16. The van der Waals surface area contributed by atoms with Gasteiger partial charge in [-0.1, -0.05) is 0 Å². The molecule has 4 aromatic rings. The lowest BCUT2D eigenvalue weighted by atomic mass is 10.0. The Morgan fingerprint density at radius 1 is 1.15 bits per heavy atom. The van der Waals surface area contributed by atoms with E-state index in [1.165, 1.54) is 12.4 Å². The summed E-state index contributed by atoms with van der Waals surface area (Å²) < 4.78 is 44.1. The molecule has 13 heteroatoms.